The minimum atomic E-state index is -0.00583. The Morgan fingerprint density at radius 3 is 2.78 bits per heavy atom. The normalized spacial score (nSPS) is 12.7. The van der Waals surface area contributed by atoms with Crippen LogP contribution in [0.15, 0.2) is 30.7 Å². The van der Waals surface area contributed by atoms with Crippen LogP contribution in [0.2, 0.25) is 10.0 Å². The predicted octanol–water partition coefficient (Wildman–Crippen LogP) is 3.43. The SMILES string of the molecule is CCNC(c1cc(Cl)ccc1Cl)c1cncn1C. The molecule has 3 nitrogen and oxygen atoms in total. The third-order valence-electron chi connectivity index (χ3n) is 2.83. The van der Waals surface area contributed by atoms with Crippen LogP contribution in [0.5, 0.6) is 0 Å². The minimum absolute atomic E-state index is 0.00583. The van der Waals surface area contributed by atoms with Crippen molar-refractivity contribution in [1.82, 2.24) is 14.9 Å². The van der Waals surface area contributed by atoms with Gasteiger partial charge in [0.2, 0.25) is 0 Å². The molecule has 0 spiro atoms. The molecular formula is C13H15Cl2N3. The molecule has 1 atom stereocenters. The average Bonchev–Trinajstić information content (AvgIpc) is 2.76. The molecule has 0 saturated heterocycles. The molecule has 96 valence electrons. The van der Waals surface area contributed by atoms with Crippen LogP contribution < -0.4 is 5.32 Å². The number of halogens is 2. The fourth-order valence-corrected chi connectivity index (χ4v) is 2.37. The zero-order valence-corrected chi connectivity index (χ0v) is 11.8. The summed E-state index contributed by atoms with van der Waals surface area (Å²) >= 11 is 12.3. The van der Waals surface area contributed by atoms with Gasteiger partial charge in [-0.05, 0) is 30.3 Å². The molecule has 1 aromatic heterocycles. The van der Waals surface area contributed by atoms with Gasteiger partial charge in [0.05, 0.1) is 24.3 Å². The lowest BCUT2D eigenvalue weighted by Crippen LogP contribution is -2.24. The van der Waals surface area contributed by atoms with Gasteiger partial charge in [0.15, 0.2) is 0 Å². The Kier molecular flexibility index (Phi) is 4.27. The molecule has 2 rings (SSSR count). The largest absolute Gasteiger partial charge is 0.336 e. The second kappa shape index (κ2) is 5.74. The third kappa shape index (κ3) is 2.69. The summed E-state index contributed by atoms with van der Waals surface area (Å²) in [5.41, 5.74) is 2.02. The summed E-state index contributed by atoms with van der Waals surface area (Å²) in [6, 6.07) is 5.50. The van der Waals surface area contributed by atoms with Crippen molar-refractivity contribution in [3.63, 3.8) is 0 Å². The van der Waals surface area contributed by atoms with Gasteiger partial charge >= 0.3 is 0 Å². The Labute approximate surface area is 117 Å². The van der Waals surface area contributed by atoms with E-state index >= 15 is 0 Å². The zero-order chi connectivity index (χ0) is 13.1. The molecule has 0 amide bonds. The molecular weight excluding hydrogens is 269 g/mol. The highest BCUT2D eigenvalue weighted by Crippen LogP contribution is 2.30. The molecule has 0 radical (unpaired) electrons. The van der Waals surface area contributed by atoms with Crippen molar-refractivity contribution in [1.29, 1.82) is 0 Å². The van der Waals surface area contributed by atoms with E-state index < -0.39 is 0 Å². The Morgan fingerprint density at radius 1 is 1.39 bits per heavy atom. The number of aryl methyl sites for hydroxylation is 1. The van der Waals surface area contributed by atoms with Crippen molar-refractivity contribution in [2.24, 2.45) is 7.05 Å². The highest BCUT2D eigenvalue weighted by Gasteiger charge is 2.19. The Morgan fingerprint density at radius 2 is 2.17 bits per heavy atom. The van der Waals surface area contributed by atoms with E-state index in [0.717, 1.165) is 17.8 Å². The van der Waals surface area contributed by atoms with Crippen LogP contribution in [0.25, 0.3) is 0 Å². The molecule has 0 saturated carbocycles. The smallest absolute Gasteiger partial charge is 0.0946 e. The van der Waals surface area contributed by atoms with Crippen LogP contribution in [-0.2, 0) is 7.05 Å². The van der Waals surface area contributed by atoms with Gasteiger partial charge in [-0.3, -0.25) is 0 Å². The molecule has 0 aliphatic carbocycles. The fraction of sp³-hybridized carbons (Fsp3) is 0.308. The van der Waals surface area contributed by atoms with E-state index in [-0.39, 0.29) is 6.04 Å². The highest BCUT2D eigenvalue weighted by molar-refractivity contribution is 6.33. The van der Waals surface area contributed by atoms with E-state index in [1.807, 2.05) is 29.9 Å². The van der Waals surface area contributed by atoms with Gasteiger partial charge in [-0.2, -0.15) is 0 Å². The van der Waals surface area contributed by atoms with Crippen LogP contribution in [0, 0.1) is 0 Å². The first-order valence-corrected chi connectivity index (χ1v) is 6.53. The maximum Gasteiger partial charge on any atom is 0.0946 e. The lowest BCUT2D eigenvalue weighted by atomic mass is 10.0. The Hall–Kier alpha value is -1.03. The number of nitrogens with one attached hydrogen (secondary N) is 1. The molecule has 1 unspecified atom stereocenters. The molecule has 1 aromatic carbocycles. The quantitative estimate of drug-likeness (QED) is 0.932. The van der Waals surface area contributed by atoms with Gasteiger partial charge in [-0.1, -0.05) is 30.1 Å². The number of rotatable bonds is 4. The number of nitrogens with zero attached hydrogens (tertiary/aromatic N) is 2. The van der Waals surface area contributed by atoms with E-state index in [1.165, 1.54) is 0 Å². The zero-order valence-electron chi connectivity index (χ0n) is 10.3. The minimum Gasteiger partial charge on any atom is -0.336 e. The highest BCUT2D eigenvalue weighted by atomic mass is 35.5. The number of hydrogen-bond donors (Lipinski definition) is 1. The number of aromatic nitrogens is 2. The molecule has 5 heteroatoms. The van der Waals surface area contributed by atoms with E-state index in [1.54, 1.807) is 12.4 Å². The molecule has 2 aromatic rings. The standard InChI is InChI=1S/C13H15Cl2N3/c1-3-17-13(12-7-16-8-18(12)2)10-6-9(14)4-5-11(10)15/h4-8,13,17H,3H2,1-2H3. The van der Waals surface area contributed by atoms with Gasteiger partial charge in [0, 0.05) is 17.1 Å². The van der Waals surface area contributed by atoms with Crippen molar-refractivity contribution in [3.8, 4) is 0 Å². The first-order valence-electron chi connectivity index (χ1n) is 5.78. The Bertz CT molecular complexity index is 537. The lowest BCUT2D eigenvalue weighted by molar-refractivity contribution is 0.594. The first-order chi connectivity index (χ1) is 8.63. The van der Waals surface area contributed by atoms with Crippen LogP contribution in [0.3, 0.4) is 0 Å². The van der Waals surface area contributed by atoms with E-state index in [2.05, 4.69) is 17.2 Å². The summed E-state index contributed by atoms with van der Waals surface area (Å²) in [5.74, 6) is 0. The molecule has 1 heterocycles. The number of imidazole rings is 1. The van der Waals surface area contributed by atoms with Crippen molar-refractivity contribution < 1.29 is 0 Å². The summed E-state index contributed by atoms with van der Waals surface area (Å²) in [6.45, 7) is 2.89. The third-order valence-corrected chi connectivity index (χ3v) is 3.41. The molecule has 0 bridgehead atoms. The molecule has 0 aliphatic heterocycles. The van der Waals surface area contributed by atoms with E-state index in [0.29, 0.717) is 10.0 Å². The summed E-state index contributed by atoms with van der Waals surface area (Å²) < 4.78 is 1.98. The van der Waals surface area contributed by atoms with Gasteiger partial charge in [-0.15, -0.1) is 0 Å². The van der Waals surface area contributed by atoms with Crippen molar-refractivity contribution >= 4 is 23.2 Å². The average molecular weight is 284 g/mol. The molecule has 0 fully saturated rings. The fourth-order valence-electron chi connectivity index (χ4n) is 1.96. The topological polar surface area (TPSA) is 29.9 Å². The van der Waals surface area contributed by atoms with Crippen LogP contribution in [0.1, 0.15) is 24.2 Å². The lowest BCUT2D eigenvalue weighted by Gasteiger charge is -2.20. The van der Waals surface area contributed by atoms with Crippen LogP contribution in [-0.4, -0.2) is 16.1 Å². The molecule has 1 N–H and O–H groups in total. The first kappa shape index (κ1) is 13.4. The molecule has 18 heavy (non-hydrogen) atoms. The van der Waals surface area contributed by atoms with Gasteiger partial charge in [0.25, 0.3) is 0 Å². The molecule has 0 aliphatic rings. The summed E-state index contributed by atoms with van der Waals surface area (Å²) in [7, 11) is 1.96. The van der Waals surface area contributed by atoms with Crippen molar-refractivity contribution in [3.05, 3.63) is 52.0 Å². The second-order valence-electron chi connectivity index (χ2n) is 4.09. The summed E-state index contributed by atoms with van der Waals surface area (Å²) in [5, 5.41) is 4.79. The summed E-state index contributed by atoms with van der Waals surface area (Å²) in [6.07, 6.45) is 3.61. The van der Waals surface area contributed by atoms with Crippen LogP contribution >= 0.6 is 23.2 Å². The van der Waals surface area contributed by atoms with Gasteiger partial charge in [-0.25, -0.2) is 4.98 Å². The van der Waals surface area contributed by atoms with E-state index in [4.69, 9.17) is 23.2 Å². The number of hydrogen-bond acceptors (Lipinski definition) is 2. The number of benzene rings is 1. The maximum atomic E-state index is 6.27. The maximum absolute atomic E-state index is 6.27. The van der Waals surface area contributed by atoms with Gasteiger partial charge in [0.1, 0.15) is 0 Å². The van der Waals surface area contributed by atoms with Crippen molar-refractivity contribution in [2.45, 2.75) is 13.0 Å². The predicted molar refractivity (Wildman–Crippen MR) is 75.2 cm³/mol. The second-order valence-corrected chi connectivity index (χ2v) is 4.93. The monoisotopic (exact) mass is 283 g/mol. The Balaban J connectivity index is 2.48. The van der Waals surface area contributed by atoms with Crippen molar-refractivity contribution in [2.75, 3.05) is 6.54 Å². The summed E-state index contributed by atoms with van der Waals surface area (Å²) in [4.78, 5) is 4.15. The van der Waals surface area contributed by atoms with Crippen LogP contribution in [0.4, 0.5) is 0 Å². The van der Waals surface area contributed by atoms with E-state index in [9.17, 15) is 0 Å². The van der Waals surface area contributed by atoms with Gasteiger partial charge < -0.3 is 9.88 Å².